The minimum Gasteiger partial charge on any atom is -0.376 e. The molecule has 1 aromatic rings. The van der Waals surface area contributed by atoms with Gasteiger partial charge in [0.15, 0.2) is 0 Å². The Balaban J connectivity index is 2.60. The van der Waals surface area contributed by atoms with Gasteiger partial charge < -0.3 is 16.0 Å². The Labute approximate surface area is 94.2 Å². The number of anilines is 2. The Morgan fingerprint density at radius 2 is 1.94 bits per heavy atom. The highest BCUT2D eigenvalue weighted by Gasteiger charge is 1.99. The van der Waals surface area contributed by atoms with Crippen LogP contribution in [0.5, 0.6) is 0 Å². The maximum Gasteiger partial charge on any atom is 0.239 e. The van der Waals surface area contributed by atoms with Crippen molar-refractivity contribution < 1.29 is 9.59 Å². The van der Waals surface area contributed by atoms with Crippen molar-refractivity contribution in [3.05, 3.63) is 24.3 Å². The molecular weight excluding hydrogens is 206 g/mol. The van der Waals surface area contributed by atoms with E-state index in [1.807, 2.05) is 6.07 Å². The van der Waals surface area contributed by atoms with Crippen molar-refractivity contribution in [3.63, 3.8) is 0 Å². The SMILES string of the molecule is CNC(=O)CNc1cccc(NC(C)=O)c1. The molecule has 0 fully saturated rings. The molecule has 0 aliphatic heterocycles. The van der Waals surface area contributed by atoms with Gasteiger partial charge in [0.05, 0.1) is 6.54 Å². The molecule has 0 unspecified atom stereocenters. The average Bonchev–Trinajstić information content (AvgIpc) is 2.25. The van der Waals surface area contributed by atoms with E-state index >= 15 is 0 Å². The second-order valence-electron chi connectivity index (χ2n) is 3.29. The maximum absolute atomic E-state index is 11.0. The van der Waals surface area contributed by atoms with E-state index in [2.05, 4.69) is 16.0 Å². The van der Waals surface area contributed by atoms with E-state index in [0.29, 0.717) is 5.69 Å². The first-order chi connectivity index (χ1) is 7.61. The van der Waals surface area contributed by atoms with Gasteiger partial charge in [0, 0.05) is 25.3 Å². The molecular formula is C11H15N3O2. The number of likely N-dealkylation sites (N-methyl/N-ethyl adjacent to an activating group) is 1. The van der Waals surface area contributed by atoms with Crippen molar-refractivity contribution in [2.75, 3.05) is 24.2 Å². The molecule has 0 aromatic heterocycles. The van der Waals surface area contributed by atoms with Crippen molar-refractivity contribution in [3.8, 4) is 0 Å². The molecule has 3 N–H and O–H groups in total. The average molecular weight is 221 g/mol. The molecule has 86 valence electrons. The fraction of sp³-hybridized carbons (Fsp3) is 0.273. The van der Waals surface area contributed by atoms with E-state index in [1.54, 1.807) is 25.2 Å². The normalized spacial score (nSPS) is 9.38. The summed E-state index contributed by atoms with van der Waals surface area (Å²) in [6.07, 6.45) is 0. The van der Waals surface area contributed by atoms with Crippen molar-refractivity contribution in [2.24, 2.45) is 0 Å². The molecule has 0 bridgehead atoms. The second-order valence-corrected chi connectivity index (χ2v) is 3.29. The summed E-state index contributed by atoms with van der Waals surface area (Å²) in [6.45, 7) is 1.66. The van der Waals surface area contributed by atoms with Crippen LogP contribution in [0.25, 0.3) is 0 Å². The highest BCUT2D eigenvalue weighted by Crippen LogP contribution is 2.14. The third-order valence-electron chi connectivity index (χ3n) is 1.91. The van der Waals surface area contributed by atoms with Gasteiger partial charge in [0.25, 0.3) is 0 Å². The van der Waals surface area contributed by atoms with Gasteiger partial charge in [-0.3, -0.25) is 9.59 Å². The zero-order valence-corrected chi connectivity index (χ0v) is 9.33. The van der Waals surface area contributed by atoms with Crippen LogP contribution in [0.4, 0.5) is 11.4 Å². The summed E-state index contributed by atoms with van der Waals surface area (Å²) < 4.78 is 0. The van der Waals surface area contributed by atoms with Crippen molar-refractivity contribution >= 4 is 23.2 Å². The van der Waals surface area contributed by atoms with Crippen LogP contribution in [0.1, 0.15) is 6.92 Å². The molecule has 16 heavy (non-hydrogen) atoms. The smallest absolute Gasteiger partial charge is 0.239 e. The van der Waals surface area contributed by atoms with Gasteiger partial charge in [-0.2, -0.15) is 0 Å². The molecule has 5 heteroatoms. The quantitative estimate of drug-likeness (QED) is 0.704. The summed E-state index contributed by atoms with van der Waals surface area (Å²) in [5, 5.41) is 8.12. The molecule has 2 amide bonds. The molecule has 0 radical (unpaired) electrons. The second kappa shape index (κ2) is 5.75. The minimum absolute atomic E-state index is 0.0927. The lowest BCUT2D eigenvalue weighted by molar-refractivity contribution is -0.119. The Hall–Kier alpha value is -2.04. The van der Waals surface area contributed by atoms with E-state index in [-0.39, 0.29) is 18.4 Å². The van der Waals surface area contributed by atoms with Crippen LogP contribution in [0.15, 0.2) is 24.3 Å². The van der Waals surface area contributed by atoms with Crippen LogP contribution >= 0.6 is 0 Å². The molecule has 0 heterocycles. The van der Waals surface area contributed by atoms with Gasteiger partial charge in [0.1, 0.15) is 0 Å². The first-order valence-electron chi connectivity index (χ1n) is 4.94. The lowest BCUT2D eigenvalue weighted by Crippen LogP contribution is -2.26. The highest BCUT2D eigenvalue weighted by atomic mass is 16.2. The number of carbonyl (C=O) groups is 2. The monoisotopic (exact) mass is 221 g/mol. The zero-order chi connectivity index (χ0) is 12.0. The van der Waals surface area contributed by atoms with Gasteiger partial charge in [-0.1, -0.05) is 6.07 Å². The van der Waals surface area contributed by atoms with E-state index < -0.39 is 0 Å². The van der Waals surface area contributed by atoms with E-state index in [4.69, 9.17) is 0 Å². The largest absolute Gasteiger partial charge is 0.376 e. The van der Waals surface area contributed by atoms with Crippen LogP contribution in [-0.4, -0.2) is 25.4 Å². The summed E-state index contributed by atoms with van der Waals surface area (Å²) in [7, 11) is 1.58. The predicted molar refractivity (Wildman–Crippen MR) is 63.3 cm³/mol. The zero-order valence-electron chi connectivity index (χ0n) is 9.33. The fourth-order valence-corrected chi connectivity index (χ4v) is 1.18. The van der Waals surface area contributed by atoms with E-state index in [0.717, 1.165) is 5.69 Å². The predicted octanol–water partition coefficient (Wildman–Crippen LogP) is 0.803. The van der Waals surface area contributed by atoms with Crippen LogP contribution in [0, 0.1) is 0 Å². The maximum atomic E-state index is 11.0. The van der Waals surface area contributed by atoms with Crippen molar-refractivity contribution in [2.45, 2.75) is 6.92 Å². The Kier molecular flexibility index (Phi) is 4.32. The lowest BCUT2D eigenvalue weighted by atomic mass is 10.2. The minimum atomic E-state index is -0.122. The van der Waals surface area contributed by atoms with Crippen molar-refractivity contribution in [1.29, 1.82) is 0 Å². The van der Waals surface area contributed by atoms with E-state index in [1.165, 1.54) is 6.92 Å². The number of hydrogen-bond acceptors (Lipinski definition) is 3. The highest BCUT2D eigenvalue weighted by molar-refractivity contribution is 5.89. The van der Waals surface area contributed by atoms with Gasteiger partial charge in [0.2, 0.25) is 11.8 Å². The summed E-state index contributed by atoms with van der Waals surface area (Å²) in [5.41, 5.74) is 1.49. The topological polar surface area (TPSA) is 70.2 Å². The molecule has 0 aliphatic rings. The molecule has 0 atom stereocenters. The van der Waals surface area contributed by atoms with Crippen LogP contribution in [0.3, 0.4) is 0 Å². The number of benzene rings is 1. The lowest BCUT2D eigenvalue weighted by Gasteiger charge is -2.07. The number of hydrogen-bond donors (Lipinski definition) is 3. The summed E-state index contributed by atoms with van der Waals surface area (Å²) in [5.74, 6) is -0.214. The number of nitrogens with one attached hydrogen (secondary N) is 3. The molecule has 0 saturated carbocycles. The number of amides is 2. The van der Waals surface area contributed by atoms with Crippen LogP contribution < -0.4 is 16.0 Å². The van der Waals surface area contributed by atoms with Crippen LogP contribution in [-0.2, 0) is 9.59 Å². The third-order valence-corrected chi connectivity index (χ3v) is 1.91. The fourth-order valence-electron chi connectivity index (χ4n) is 1.18. The molecule has 5 nitrogen and oxygen atoms in total. The molecule has 0 saturated heterocycles. The summed E-state index contributed by atoms with van der Waals surface area (Å²) in [4.78, 5) is 21.8. The molecule has 1 rings (SSSR count). The molecule has 0 spiro atoms. The number of carbonyl (C=O) groups excluding carboxylic acids is 2. The molecule has 1 aromatic carbocycles. The summed E-state index contributed by atoms with van der Waals surface area (Å²) >= 11 is 0. The Bertz CT molecular complexity index is 391. The number of rotatable bonds is 4. The van der Waals surface area contributed by atoms with Crippen molar-refractivity contribution in [1.82, 2.24) is 5.32 Å². The third kappa shape index (κ3) is 4.00. The van der Waals surface area contributed by atoms with Gasteiger partial charge in [-0.05, 0) is 18.2 Å². The Morgan fingerprint density at radius 3 is 2.56 bits per heavy atom. The van der Waals surface area contributed by atoms with Gasteiger partial charge in [-0.15, -0.1) is 0 Å². The summed E-state index contributed by atoms with van der Waals surface area (Å²) in [6, 6.07) is 7.18. The van der Waals surface area contributed by atoms with Gasteiger partial charge >= 0.3 is 0 Å². The standard InChI is InChI=1S/C11H15N3O2/c1-8(15)14-10-5-3-4-9(6-10)13-7-11(16)12-2/h3-6,13H,7H2,1-2H3,(H,12,16)(H,14,15). The van der Waals surface area contributed by atoms with E-state index in [9.17, 15) is 9.59 Å². The first-order valence-corrected chi connectivity index (χ1v) is 4.94. The van der Waals surface area contributed by atoms with Crippen LogP contribution in [0.2, 0.25) is 0 Å². The van der Waals surface area contributed by atoms with Gasteiger partial charge in [-0.25, -0.2) is 0 Å². The molecule has 0 aliphatic carbocycles. The Morgan fingerprint density at radius 1 is 1.25 bits per heavy atom. The first kappa shape index (κ1) is 12.0.